The molecule has 1 N–H and O–H groups in total. The number of benzene rings is 1. The molecular formula is C15H16BrFN2O2. The summed E-state index contributed by atoms with van der Waals surface area (Å²) in [7, 11) is 1.43. The van der Waals surface area contributed by atoms with Crippen LogP contribution in [0.5, 0.6) is 5.75 Å². The molecule has 0 radical (unpaired) electrons. The number of nitrogens with zero attached hydrogens (tertiary/aromatic N) is 1. The summed E-state index contributed by atoms with van der Waals surface area (Å²) in [6, 6.07) is 5.74. The van der Waals surface area contributed by atoms with Crippen LogP contribution in [-0.2, 0) is 6.54 Å². The molecule has 6 heteroatoms. The Balaban J connectivity index is 2.26. The number of amides is 1. The normalized spacial score (nSPS) is 10.5. The highest BCUT2D eigenvalue weighted by molar-refractivity contribution is 9.10. The van der Waals surface area contributed by atoms with Crippen LogP contribution in [0.15, 0.2) is 34.9 Å². The third-order valence-corrected chi connectivity index (χ3v) is 3.41. The number of hydrogen-bond acceptors (Lipinski definition) is 2. The molecule has 4 nitrogen and oxygen atoms in total. The van der Waals surface area contributed by atoms with Gasteiger partial charge in [-0.05, 0) is 40.5 Å². The van der Waals surface area contributed by atoms with Gasteiger partial charge in [0, 0.05) is 23.3 Å². The Morgan fingerprint density at radius 1 is 1.43 bits per heavy atom. The number of ether oxygens (including phenoxy) is 1. The second-order valence-corrected chi connectivity index (χ2v) is 5.45. The minimum Gasteiger partial charge on any atom is -0.494 e. The van der Waals surface area contributed by atoms with E-state index in [0.717, 1.165) is 17.4 Å². The fraction of sp³-hybridized carbons (Fsp3) is 0.267. The van der Waals surface area contributed by atoms with Gasteiger partial charge in [-0.15, -0.1) is 0 Å². The third-order valence-electron chi connectivity index (χ3n) is 2.97. The standard InChI is InChI=1S/C15H16BrFN2O2/c1-3-6-19-9-10(16)7-13(19)15(20)18-12-5-4-11(17)8-14(12)21-2/h4-5,7-9H,3,6H2,1-2H3,(H,18,20). The number of methoxy groups -OCH3 is 1. The first kappa shape index (κ1) is 15.6. The summed E-state index contributed by atoms with van der Waals surface area (Å²) in [4.78, 5) is 12.4. The van der Waals surface area contributed by atoms with Crippen molar-refractivity contribution in [2.75, 3.05) is 12.4 Å². The van der Waals surface area contributed by atoms with Crippen molar-refractivity contribution in [2.45, 2.75) is 19.9 Å². The molecule has 1 amide bonds. The topological polar surface area (TPSA) is 43.3 Å². The molecule has 1 heterocycles. The van der Waals surface area contributed by atoms with E-state index in [2.05, 4.69) is 21.2 Å². The molecule has 2 rings (SSSR count). The van der Waals surface area contributed by atoms with Crippen molar-refractivity contribution in [1.29, 1.82) is 0 Å². The Hall–Kier alpha value is -1.82. The van der Waals surface area contributed by atoms with E-state index in [4.69, 9.17) is 4.74 Å². The van der Waals surface area contributed by atoms with E-state index in [1.54, 1.807) is 6.07 Å². The first-order valence-corrected chi connectivity index (χ1v) is 7.35. The Morgan fingerprint density at radius 3 is 2.86 bits per heavy atom. The van der Waals surface area contributed by atoms with E-state index >= 15 is 0 Å². The molecule has 1 aromatic heterocycles. The van der Waals surface area contributed by atoms with Gasteiger partial charge in [-0.2, -0.15) is 0 Å². The van der Waals surface area contributed by atoms with Crippen molar-refractivity contribution in [3.8, 4) is 5.75 Å². The Bertz CT molecular complexity index is 655. The smallest absolute Gasteiger partial charge is 0.272 e. The average Bonchev–Trinajstić information content (AvgIpc) is 2.82. The predicted octanol–water partition coefficient (Wildman–Crippen LogP) is 4.06. The van der Waals surface area contributed by atoms with Crippen LogP contribution >= 0.6 is 15.9 Å². The summed E-state index contributed by atoms with van der Waals surface area (Å²) >= 11 is 3.37. The maximum atomic E-state index is 13.2. The fourth-order valence-corrected chi connectivity index (χ4v) is 2.51. The van der Waals surface area contributed by atoms with Crippen molar-refractivity contribution in [2.24, 2.45) is 0 Å². The van der Waals surface area contributed by atoms with Crippen LogP contribution in [0.1, 0.15) is 23.8 Å². The Labute approximate surface area is 131 Å². The first-order chi connectivity index (χ1) is 10.0. The van der Waals surface area contributed by atoms with Gasteiger partial charge >= 0.3 is 0 Å². The van der Waals surface area contributed by atoms with Gasteiger partial charge in [0.2, 0.25) is 0 Å². The molecule has 0 aliphatic rings. The quantitative estimate of drug-likeness (QED) is 0.879. The van der Waals surface area contributed by atoms with Crippen LogP contribution < -0.4 is 10.1 Å². The van der Waals surface area contributed by atoms with Crippen LogP contribution in [0.2, 0.25) is 0 Å². The molecule has 0 atom stereocenters. The fourth-order valence-electron chi connectivity index (χ4n) is 2.05. The highest BCUT2D eigenvalue weighted by Gasteiger charge is 2.15. The number of anilines is 1. The van der Waals surface area contributed by atoms with E-state index in [1.807, 2.05) is 17.7 Å². The maximum Gasteiger partial charge on any atom is 0.272 e. The lowest BCUT2D eigenvalue weighted by molar-refractivity contribution is 0.101. The van der Waals surface area contributed by atoms with E-state index in [-0.39, 0.29) is 11.7 Å². The lowest BCUT2D eigenvalue weighted by Gasteiger charge is -2.11. The molecule has 0 aliphatic heterocycles. The van der Waals surface area contributed by atoms with Gasteiger partial charge in [-0.25, -0.2) is 4.39 Å². The summed E-state index contributed by atoms with van der Waals surface area (Å²) in [6.07, 6.45) is 2.78. The van der Waals surface area contributed by atoms with Crippen molar-refractivity contribution in [1.82, 2.24) is 4.57 Å². The summed E-state index contributed by atoms with van der Waals surface area (Å²) < 4.78 is 20.9. The number of aryl methyl sites for hydroxylation is 1. The second-order valence-electron chi connectivity index (χ2n) is 4.54. The average molecular weight is 355 g/mol. The van der Waals surface area contributed by atoms with Crippen LogP contribution in [-0.4, -0.2) is 17.6 Å². The van der Waals surface area contributed by atoms with Crippen molar-refractivity contribution >= 4 is 27.5 Å². The zero-order valence-electron chi connectivity index (χ0n) is 11.8. The minimum absolute atomic E-state index is 0.265. The number of carbonyl (C=O) groups is 1. The highest BCUT2D eigenvalue weighted by Crippen LogP contribution is 2.26. The number of halogens is 2. The zero-order valence-corrected chi connectivity index (χ0v) is 13.4. The summed E-state index contributed by atoms with van der Waals surface area (Å²) in [5.74, 6) is -0.392. The summed E-state index contributed by atoms with van der Waals surface area (Å²) in [6.45, 7) is 2.79. The maximum absolute atomic E-state index is 13.2. The van der Waals surface area contributed by atoms with E-state index < -0.39 is 5.82 Å². The lowest BCUT2D eigenvalue weighted by atomic mass is 10.2. The molecular weight excluding hydrogens is 339 g/mol. The lowest BCUT2D eigenvalue weighted by Crippen LogP contribution is -2.17. The van der Waals surface area contributed by atoms with Crippen LogP contribution in [0.3, 0.4) is 0 Å². The first-order valence-electron chi connectivity index (χ1n) is 6.55. The molecule has 0 saturated heterocycles. The van der Waals surface area contributed by atoms with E-state index in [0.29, 0.717) is 11.4 Å². The van der Waals surface area contributed by atoms with E-state index in [1.165, 1.54) is 25.3 Å². The number of rotatable bonds is 5. The summed E-state index contributed by atoms with van der Waals surface area (Å²) in [5.41, 5.74) is 0.972. The van der Waals surface area contributed by atoms with Crippen molar-refractivity contribution < 1.29 is 13.9 Å². The molecule has 0 fully saturated rings. The molecule has 112 valence electrons. The number of nitrogens with one attached hydrogen (secondary N) is 1. The Kier molecular flexibility index (Phi) is 5.01. The largest absolute Gasteiger partial charge is 0.494 e. The molecule has 1 aromatic carbocycles. The van der Waals surface area contributed by atoms with Crippen molar-refractivity contribution in [3.63, 3.8) is 0 Å². The van der Waals surface area contributed by atoms with Crippen LogP contribution in [0, 0.1) is 5.82 Å². The second kappa shape index (κ2) is 6.76. The van der Waals surface area contributed by atoms with Crippen molar-refractivity contribution in [3.05, 3.63) is 46.4 Å². The molecule has 0 unspecified atom stereocenters. The van der Waals surface area contributed by atoms with Gasteiger partial charge in [0.05, 0.1) is 12.8 Å². The van der Waals surface area contributed by atoms with Gasteiger partial charge < -0.3 is 14.6 Å². The van der Waals surface area contributed by atoms with Crippen LogP contribution in [0.4, 0.5) is 10.1 Å². The third kappa shape index (κ3) is 3.64. The molecule has 0 aliphatic carbocycles. The SMILES string of the molecule is CCCn1cc(Br)cc1C(=O)Nc1ccc(F)cc1OC. The number of aromatic nitrogens is 1. The van der Waals surface area contributed by atoms with Gasteiger partial charge in [-0.1, -0.05) is 6.92 Å². The van der Waals surface area contributed by atoms with Gasteiger partial charge in [0.15, 0.2) is 0 Å². The summed E-state index contributed by atoms with van der Waals surface area (Å²) in [5, 5.41) is 2.74. The Morgan fingerprint density at radius 2 is 2.19 bits per heavy atom. The minimum atomic E-state index is -0.415. The highest BCUT2D eigenvalue weighted by atomic mass is 79.9. The van der Waals surface area contributed by atoms with Crippen LogP contribution in [0.25, 0.3) is 0 Å². The molecule has 21 heavy (non-hydrogen) atoms. The molecule has 2 aromatic rings. The van der Waals surface area contributed by atoms with Gasteiger partial charge in [0.1, 0.15) is 17.3 Å². The zero-order chi connectivity index (χ0) is 15.4. The monoisotopic (exact) mass is 354 g/mol. The molecule has 0 spiro atoms. The predicted molar refractivity (Wildman–Crippen MR) is 83.3 cm³/mol. The number of carbonyl (C=O) groups excluding carboxylic acids is 1. The van der Waals surface area contributed by atoms with Gasteiger partial charge in [0.25, 0.3) is 5.91 Å². The number of hydrogen-bond donors (Lipinski definition) is 1. The van der Waals surface area contributed by atoms with E-state index in [9.17, 15) is 9.18 Å². The van der Waals surface area contributed by atoms with Gasteiger partial charge in [-0.3, -0.25) is 4.79 Å². The molecule has 0 bridgehead atoms. The molecule has 0 saturated carbocycles.